The van der Waals surface area contributed by atoms with Gasteiger partial charge in [0.15, 0.2) is 11.6 Å². The van der Waals surface area contributed by atoms with Crippen LogP contribution in [0.1, 0.15) is 12.0 Å². The highest BCUT2D eigenvalue weighted by Crippen LogP contribution is 2.26. The van der Waals surface area contributed by atoms with Crippen molar-refractivity contribution in [2.75, 3.05) is 18.0 Å². The van der Waals surface area contributed by atoms with Crippen LogP contribution in [0.4, 0.5) is 14.5 Å². The molecule has 0 spiro atoms. The first-order chi connectivity index (χ1) is 11.0. The molecule has 23 heavy (non-hydrogen) atoms. The van der Waals surface area contributed by atoms with Crippen molar-refractivity contribution < 1.29 is 8.78 Å². The average Bonchev–Trinajstić information content (AvgIpc) is 2.52. The predicted octanol–water partition coefficient (Wildman–Crippen LogP) is 4.01. The fourth-order valence-electron chi connectivity index (χ4n) is 3.24. The van der Waals surface area contributed by atoms with Crippen molar-refractivity contribution in [3.05, 3.63) is 64.7 Å². The first-order valence-corrected chi connectivity index (χ1v) is 8.09. The van der Waals surface area contributed by atoms with Gasteiger partial charge < -0.3 is 10.6 Å². The number of halogens is 3. The fourth-order valence-corrected chi connectivity index (χ4v) is 3.37. The molecule has 2 aromatic rings. The van der Waals surface area contributed by atoms with Gasteiger partial charge in [0.1, 0.15) is 0 Å². The molecular weight excluding hydrogens is 318 g/mol. The van der Waals surface area contributed by atoms with Crippen LogP contribution in [0.15, 0.2) is 42.5 Å². The van der Waals surface area contributed by atoms with Crippen molar-refractivity contribution in [2.45, 2.75) is 18.9 Å². The Morgan fingerprint density at radius 2 is 1.78 bits per heavy atom. The Bertz CT molecular complexity index is 675. The van der Waals surface area contributed by atoms with Crippen LogP contribution in [0.3, 0.4) is 0 Å². The van der Waals surface area contributed by atoms with Crippen LogP contribution in [-0.4, -0.2) is 19.1 Å². The minimum Gasteiger partial charge on any atom is -0.370 e. The highest BCUT2D eigenvalue weighted by Gasteiger charge is 2.26. The van der Waals surface area contributed by atoms with Gasteiger partial charge in [-0.2, -0.15) is 0 Å². The summed E-state index contributed by atoms with van der Waals surface area (Å²) in [7, 11) is 0. The second-order valence-electron chi connectivity index (χ2n) is 6.20. The van der Waals surface area contributed by atoms with Gasteiger partial charge in [-0.25, -0.2) is 8.78 Å². The lowest BCUT2D eigenvalue weighted by Crippen LogP contribution is -2.47. The Morgan fingerprint density at radius 3 is 2.48 bits per heavy atom. The van der Waals surface area contributed by atoms with E-state index in [1.807, 2.05) is 29.2 Å². The van der Waals surface area contributed by atoms with Gasteiger partial charge in [-0.3, -0.25) is 0 Å². The van der Waals surface area contributed by atoms with Crippen molar-refractivity contribution in [2.24, 2.45) is 11.7 Å². The zero-order chi connectivity index (χ0) is 16.4. The quantitative estimate of drug-likeness (QED) is 0.917. The molecule has 1 saturated heterocycles. The molecule has 1 heterocycles. The smallest absolute Gasteiger partial charge is 0.160 e. The number of piperidine rings is 1. The summed E-state index contributed by atoms with van der Waals surface area (Å²) in [6, 6.07) is 11.8. The van der Waals surface area contributed by atoms with E-state index in [0.717, 1.165) is 24.4 Å². The molecule has 3 rings (SSSR count). The van der Waals surface area contributed by atoms with Crippen LogP contribution in [0.5, 0.6) is 0 Å². The van der Waals surface area contributed by atoms with Crippen LogP contribution in [-0.2, 0) is 6.42 Å². The number of nitrogens with zero attached hydrogens (tertiary/aromatic N) is 1. The number of nitrogens with two attached hydrogens (primary N) is 1. The fraction of sp³-hybridized carbons (Fsp3) is 0.333. The maximum absolute atomic E-state index is 13.5. The molecule has 1 aliphatic rings. The van der Waals surface area contributed by atoms with Crippen LogP contribution in [0, 0.1) is 17.6 Å². The monoisotopic (exact) mass is 336 g/mol. The van der Waals surface area contributed by atoms with Crippen LogP contribution >= 0.6 is 11.6 Å². The highest BCUT2D eigenvalue weighted by atomic mass is 35.5. The molecule has 0 saturated carbocycles. The maximum atomic E-state index is 13.5. The molecule has 0 bridgehead atoms. The highest BCUT2D eigenvalue weighted by molar-refractivity contribution is 6.30. The van der Waals surface area contributed by atoms with E-state index >= 15 is 0 Å². The molecule has 2 aromatic carbocycles. The average molecular weight is 337 g/mol. The summed E-state index contributed by atoms with van der Waals surface area (Å²) >= 11 is 5.91. The van der Waals surface area contributed by atoms with Crippen molar-refractivity contribution in [3.8, 4) is 0 Å². The Kier molecular flexibility index (Phi) is 4.83. The number of hydrogen-bond acceptors (Lipinski definition) is 2. The number of hydrogen-bond donors (Lipinski definition) is 1. The minimum absolute atomic E-state index is 0.0224. The summed E-state index contributed by atoms with van der Waals surface area (Å²) < 4.78 is 26.6. The number of benzene rings is 2. The normalized spacial score (nSPS) is 21.5. The lowest BCUT2D eigenvalue weighted by atomic mass is 9.89. The van der Waals surface area contributed by atoms with Gasteiger partial charge in [-0.05, 0) is 48.6 Å². The Morgan fingerprint density at radius 1 is 1.04 bits per heavy atom. The van der Waals surface area contributed by atoms with Crippen molar-refractivity contribution >= 4 is 17.3 Å². The van der Waals surface area contributed by atoms with E-state index in [1.54, 1.807) is 6.07 Å². The minimum atomic E-state index is -0.826. The Balaban J connectivity index is 1.73. The van der Waals surface area contributed by atoms with E-state index in [-0.39, 0.29) is 6.04 Å². The topological polar surface area (TPSA) is 29.3 Å². The SMILES string of the molecule is NC1CC(Cc2ccc(Cl)cc2)CN(c2ccc(F)c(F)c2)C1. The first kappa shape index (κ1) is 16.2. The van der Waals surface area contributed by atoms with Gasteiger partial charge in [0.05, 0.1) is 0 Å². The zero-order valence-corrected chi connectivity index (χ0v) is 13.4. The van der Waals surface area contributed by atoms with Gasteiger partial charge in [0, 0.05) is 35.9 Å². The summed E-state index contributed by atoms with van der Waals surface area (Å²) in [6.45, 7) is 1.43. The van der Waals surface area contributed by atoms with Crippen LogP contribution in [0.25, 0.3) is 0 Å². The molecule has 5 heteroatoms. The molecule has 122 valence electrons. The molecule has 1 aliphatic heterocycles. The molecule has 0 aromatic heterocycles. The Hall–Kier alpha value is -1.65. The molecule has 1 fully saturated rings. The van der Waals surface area contributed by atoms with E-state index < -0.39 is 11.6 Å². The molecule has 0 aliphatic carbocycles. The van der Waals surface area contributed by atoms with Crippen molar-refractivity contribution in [1.29, 1.82) is 0 Å². The van der Waals surface area contributed by atoms with Gasteiger partial charge in [0.2, 0.25) is 0 Å². The zero-order valence-electron chi connectivity index (χ0n) is 12.7. The summed E-state index contributed by atoms with van der Waals surface area (Å²) in [5.41, 5.74) is 8.06. The largest absolute Gasteiger partial charge is 0.370 e. The molecule has 2 atom stereocenters. The van der Waals surface area contributed by atoms with Crippen LogP contribution < -0.4 is 10.6 Å². The van der Waals surface area contributed by atoms with Crippen molar-refractivity contribution in [3.63, 3.8) is 0 Å². The molecule has 2 N–H and O–H groups in total. The number of anilines is 1. The first-order valence-electron chi connectivity index (χ1n) is 7.71. The lowest BCUT2D eigenvalue weighted by Gasteiger charge is -2.38. The van der Waals surface area contributed by atoms with Gasteiger partial charge >= 0.3 is 0 Å². The summed E-state index contributed by atoms with van der Waals surface area (Å²) in [5.74, 6) is -1.28. The summed E-state index contributed by atoms with van der Waals surface area (Å²) in [6.07, 6.45) is 1.81. The van der Waals surface area contributed by atoms with Crippen molar-refractivity contribution in [1.82, 2.24) is 0 Å². The van der Waals surface area contributed by atoms with Gasteiger partial charge in [0.25, 0.3) is 0 Å². The molecule has 0 radical (unpaired) electrons. The summed E-state index contributed by atoms with van der Waals surface area (Å²) in [4.78, 5) is 2.04. The van der Waals surface area contributed by atoms with E-state index in [0.29, 0.717) is 18.2 Å². The standard InChI is InChI=1S/C18H19ClF2N2/c19-14-3-1-12(2-4-14)7-13-8-15(22)11-23(10-13)16-5-6-17(20)18(21)9-16/h1-6,9,13,15H,7-8,10-11,22H2. The van der Waals surface area contributed by atoms with Gasteiger partial charge in [-0.15, -0.1) is 0 Å². The third-order valence-electron chi connectivity index (χ3n) is 4.28. The molecule has 2 nitrogen and oxygen atoms in total. The maximum Gasteiger partial charge on any atom is 0.160 e. The second kappa shape index (κ2) is 6.85. The Labute approximate surface area is 139 Å². The molecule has 2 unspecified atom stereocenters. The van der Waals surface area contributed by atoms with E-state index in [2.05, 4.69) is 0 Å². The second-order valence-corrected chi connectivity index (χ2v) is 6.63. The molecular formula is C18H19ClF2N2. The lowest BCUT2D eigenvalue weighted by molar-refractivity contribution is 0.374. The number of rotatable bonds is 3. The predicted molar refractivity (Wildman–Crippen MR) is 89.8 cm³/mol. The third kappa shape index (κ3) is 4.01. The van der Waals surface area contributed by atoms with E-state index in [9.17, 15) is 8.78 Å². The van der Waals surface area contributed by atoms with Gasteiger partial charge in [-0.1, -0.05) is 23.7 Å². The molecule has 0 amide bonds. The summed E-state index contributed by atoms with van der Waals surface area (Å²) in [5, 5.41) is 0.720. The van der Waals surface area contributed by atoms with E-state index in [4.69, 9.17) is 17.3 Å². The van der Waals surface area contributed by atoms with E-state index in [1.165, 1.54) is 17.7 Å². The third-order valence-corrected chi connectivity index (χ3v) is 4.53. The van der Waals surface area contributed by atoms with Crippen LogP contribution in [0.2, 0.25) is 5.02 Å².